The molecule has 0 aliphatic heterocycles. The van der Waals surface area contributed by atoms with Gasteiger partial charge in [-0.1, -0.05) is 13.0 Å². The summed E-state index contributed by atoms with van der Waals surface area (Å²) in [7, 11) is 0. The summed E-state index contributed by atoms with van der Waals surface area (Å²) in [5.41, 5.74) is 4.43. The first-order valence-corrected chi connectivity index (χ1v) is 6.00. The van der Waals surface area contributed by atoms with Gasteiger partial charge in [-0.05, 0) is 24.1 Å². The lowest BCUT2D eigenvalue weighted by atomic mass is 9.86. The Balaban J connectivity index is 3.24. The van der Waals surface area contributed by atoms with Gasteiger partial charge < -0.3 is 10.8 Å². The van der Waals surface area contributed by atoms with Crippen molar-refractivity contribution in [3.8, 4) is 0 Å². The summed E-state index contributed by atoms with van der Waals surface area (Å²) < 4.78 is 51.2. The van der Waals surface area contributed by atoms with Crippen molar-refractivity contribution in [1.29, 1.82) is 0 Å². The fourth-order valence-corrected chi connectivity index (χ4v) is 1.98. The van der Waals surface area contributed by atoms with E-state index in [4.69, 9.17) is 10.8 Å². The lowest BCUT2D eigenvalue weighted by Gasteiger charge is -2.22. The van der Waals surface area contributed by atoms with Gasteiger partial charge in [0, 0.05) is 12.0 Å². The fraction of sp³-hybridized carbons (Fsp3) is 0.462. The normalized spacial score (nSPS) is 14.9. The average Bonchev–Trinajstić information content (AvgIpc) is 2.34. The zero-order valence-corrected chi connectivity index (χ0v) is 10.7. The van der Waals surface area contributed by atoms with E-state index in [0.717, 1.165) is 6.07 Å². The zero-order chi connectivity index (χ0) is 15.5. The van der Waals surface area contributed by atoms with E-state index in [2.05, 4.69) is 0 Å². The first-order valence-electron chi connectivity index (χ1n) is 6.00. The Morgan fingerprint density at radius 1 is 1.40 bits per heavy atom. The molecule has 0 fully saturated rings. The van der Waals surface area contributed by atoms with Crippen LogP contribution in [-0.4, -0.2) is 17.1 Å². The number of hydrogen-bond donors (Lipinski definition) is 2. The summed E-state index contributed by atoms with van der Waals surface area (Å²) in [6.45, 7) is 1.70. The highest BCUT2D eigenvalue weighted by molar-refractivity contribution is 5.68. The van der Waals surface area contributed by atoms with Gasteiger partial charge in [0.1, 0.15) is 5.82 Å². The average molecular weight is 293 g/mol. The molecule has 3 nitrogen and oxygen atoms in total. The first kappa shape index (κ1) is 16.4. The van der Waals surface area contributed by atoms with Gasteiger partial charge in [0.05, 0.1) is 12.0 Å². The molecule has 1 aromatic rings. The number of carboxylic acid groups (broad SMARTS) is 1. The predicted octanol–water partition coefficient (Wildman–Crippen LogP) is 3.14. The van der Waals surface area contributed by atoms with Crippen molar-refractivity contribution >= 4 is 5.97 Å². The summed E-state index contributed by atoms with van der Waals surface area (Å²) in [6.07, 6.45) is -4.83. The molecule has 1 aromatic carbocycles. The number of nitrogens with two attached hydrogens (primary N) is 1. The summed E-state index contributed by atoms with van der Waals surface area (Å²) in [5, 5.41) is 8.82. The number of carboxylic acids is 1. The summed E-state index contributed by atoms with van der Waals surface area (Å²) in [6, 6.07) is 1.86. The highest BCUT2D eigenvalue weighted by Crippen LogP contribution is 2.34. The standard InChI is InChI=1S/C13H15F4NO2/c1-2-11(18)8(6-12(19)20)7-3-4-10(14)9(5-7)13(15,16)17/h3-5,8,11H,2,6,18H2,1H3,(H,19,20). The van der Waals surface area contributed by atoms with Crippen LogP contribution in [0.4, 0.5) is 17.6 Å². The van der Waals surface area contributed by atoms with Crippen molar-refractivity contribution < 1.29 is 27.5 Å². The zero-order valence-electron chi connectivity index (χ0n) is 10.7. The molecule has 1 rings (SSSR count). The number of carbonyl (C=O) groups is 1. The van der Waals surface area contributed by atoms with Gasteiger partial charge in [0.2, 0.25) is 0 Å². The molecule has 0 aliphatic carbocycles. The molecular weight excluding hydrogens is 278 g/mol. The van der Waals surface area contributed by atoms with Crippen LogP contribution in [0, 0.1) is 5.82 Å². The van der Waals surface area contributed by atoms with E-state index in [0.29, 0.717) is 18.6 Å². The maximum Gasteiger partial charge on any atom is 0.419 e. The fourth-order valence-electron chi connectivity index (χ4n) is 1.98. The minimum Gasteiger partial charge on any atom is -0.481 e. The largest absolute Gasteiger partial charge is 0.481 e. The van der Waals surface area contributed by atoms with Crippen LogP contribution in [0.15, 0.2) is 18.2 Å². The van der Waals surface area contributed by atoms with Gasteiger partial charge in [0.25, 0.3) is 0 Å². The van der Waals surface area contributed by atoms with Crippen molar-refractivity contribution in [2.45, 2.75) is 37.9 Å². The van der Waals surface area contributed by atoms with E-state index < -0.39 is 41.9 Å². The Morgan fingerprint density at radius 3 is 2.45 bits per heavy atom. The van der Waals surface area contributed by atoms with Crippen LogP contribution in [-0.2, 0) is 11.0 Å². The number of halogens is 4. The van der Waals surface area contributed by atoms with Crippen molar-refractivity contribution in [2.24, 2.45) is 5.73 Å². The minimum absolute atomic E-state index is 0.0791. The molecule has 0 saturated carbocycles. The Kier molecular flexibility index (Phi) is 5.10. The monoisotopic (exact) mass is 293 g/mol. The molecule has 2 atom stereocenters. The number of hydrogen-bond acceptors (Lipinski definition) is 2. The predicted molar refractivity (Wildman–Crippen MR) is 64.7 cm³/mol. The molecule has 2 unspecified atom stereocenters. The third-order valence-electron chi connectivity index (χ3n) is 3.11. The molecular formula is C13H15F4NO2. The van der Waals surface area contributed by atoms with E-state index in [1.165, 1.54) is 0 Å². The lowest BCUT2D eigenvalue weighted by molar-refractivity contribution is -0.140. The van der Waals surface area contributed by atoms with Crippen LogP contribution in [0.5, 0.6) is 0 Å². The highest BCUT2D eigenvalue weighted by atomic mass is 19.4. The van der Waals surface area contributed by atoms with Gasteiger partial charge in [-0.2, -0.15) is 13.2 Å². The van der Waals surface area contributed by atoms with E-state index in [1.807, 2.05) is 0 Å². The van der Waals surface area contributed by atoms with Gasteiger partial charge >= 0.3 is 12.1 Å². The third kappa shape index (κ3) is 3.93. The Hall–Kier alpha value is -1.63. The molecule has 0 saturated heterocycles. The molecule has 0 bridgehead atoms. The van der Waals surface area contributed by atoms with Crippen molar-refractivity contribution in [1.82, 2.24) is 0 Å². The van der Waals surface area contributed by atoms with Crippen LogP contribution in [0.2, 0.25) is 0 Å². The van der Waals surface area contributed by atoms with E-state index >= 15 is 0 Å². The molecule has 7 heteroatoms. The van der Waals surface area contributed by atoms with Crippen LogP contribution in [0.1, 0.15) is 36.8 Å². The Labute approximate surface area is 113 Å². The lowest BCUT2D eigenvalue weighted by Crippen LogP contribution is -2.29. The van der Waals surface area contributed by atoms with Crippen molar-refractivity contribution in [3.05, 3.63) is 35.1 Å². The topological polar surface area (TPSA) is 63.3 Å². The first-order chi connectivity index (χ1) is 9.16. The molecule has 0 radical (unpaired) electrons. The number of benzene rings is 1. The molecule has 0 spiro atoms. The number of aliphatic carboxylic acids is 1. The second-order valence-corrected chi connectivity index (χ2v) is 4.51. The minimum atomic E-state index is -4.83. The van der Waals surface area contributed by atoms with Crippen molar-refractivity contribution in [2.75, 3.05) is 0 Å². The quantitative estimate of drug-likeness (QED) is 0.820. The molecule has 0 aromatic heterocycles. The highest BCUT2D eigenvalue weighted by Gasteiger charge is 2.35. The second kappa shape index (κ2) is 6.21. The molecule has 3 N–H and O–H groups in total. The van der Waals surface area contributed by atoms with Gasteiger partial charge in [-0.3, -0.25) is 4.79 Å². The van der Waals surface area contributed by atoms with Crippen LogP contribution in [0.3, 0.4) is 0 Å². The molecule has 0 heterocycles. The molecule has 0 amide bonds. The van der Waals surface area contributed by atoms with Gasteiger partial charge in [-0.25, -0.2) is 4.39 Å². The molecule has 0 aliphatic rings. The Bertz CT molecular complexity index is 488. The number of rotatable bonds is 5. The maximum atomic E-state index is 13.2. The van der Waals surface area contributed by atoms with E-state index in [-0.39, 0.29) is 5.56 Å². The van der Waals surface area contributed by atoms with Crippen LogP contribution < -0.4 is 5.73 Å². The summed E-state index contributed by atoms with van der Waals surface area (Å²) in [5.74, 6) is -3.35. The van der Waals surface area contributed by atoms with E-state index in [9.17, 15) is 22.4 Å². The smallest absolute Gasteiger partial charge is 0.419 e. The second-order valence-electron chi connectivity index (χ2n) is 4.51. The van der Waals surface area contributed by atoms with Crippen LogP contribution in [0.25, 0.3) is 0 Å². The summed E-state index contributed by atoms with van der Waals surface area (Å²) >= 11 is 0. The van der Waals surface area contributed by atoms with Gasteiger partial charge in [-0.15, -0.1) is 0 Å². The van der Waals surface area contributed by atoms with Crippen LogP contribution >= 0.6 is 0 Å². The van der Waals surface area contributed by atoms with Gasteiger partial charge in [0.15, 0.2) is 0 Å². The molecule has 20 heavy (non-hydrogen) atoms. The molecule has 112 valence electrons. The Morgan fingerprint density at radius 2 is 2.00 bits per heavy atom. The third-order valence-corrected chi connectivity index (χ3v) is 3.11. The summed E-state index contributed by atoms with van der Waals surface area (Å²) in [4.78, 5) is 10.8. The van der Waals surface area contributed by atoms with Crippen molar-refractivity contribution in [3.63, 3.8) is 0 Å². The van der Waals surface area contributed by atoms with E-state index in [1.54, 1.807) is 6.92 Å². The number of alkyl halides is 3. The maximum absolute atomic E-state index is 13.2. The SMILES string of the molecule is CCC(N)C(CC(=O)O)c1ccc(F)c(C(F)(F)F)c1.